The van der Waals surface area contributed by atoms with Crippen LogP contribution in [0, 0.1) is 0 Å². The van der Waals surface area contributed by atoms with Crippen molar-refractivity contribution in [3.05, 3.63) is 45.4 Å². The summed E-state index contributed by atoms with van der Waals surface area (Å²) in [7, 11) is 0. The van der Waals surface area contributed by atoms with E-state index in [1.807, 2.05) is 23.6 Å². The van der Waals surface area contributed by atoms with Gasteiger partial charge in [0.2, 0.25) is 0 Å². The van der Waals surface area contributed by atoms with Crippen LogP contribution in [0.25, 0.3) is 0 Å². The summed E-state index contributed by atoms with van der Waals surface area (Å²) in [5, 5.41) is 0. The summed E-state index contributed by atoms with van der Waals surface area (Å²) in [6.07, 6.45) is 8.29. The van der Waals surface area contributed by atoms with Crippen LogP contribution in [0.4, 0.5) is 0 Å². The molecule has 1 aliphatic rings. The molecule has 3 nitrogen and oxygen atoms in total. The summed E-state index contributed by atoms with van der Waals surface area (Å²) < 4.78 is 5.63. The van der Waals surface area contributed by atoms with Gasteiger partial charge >= 0.3 is 0 Å². The Kier molecular flexibility index (Phi) is 4.03. The number of pyridine rings is 1. The van der Waals surface area contributed by atoms with Gasteiger partial charge in [-0.2, -0.15) is 0 Å². The number of fused-ring (bicyclic) bond motifs is 1. The summed E-state index contributed by atoms with van der Waals surface area (Å²) in [5.41, 5.74) is 8.91. The van der Waals surface area contributed by atoms with Crippen LogP contribution in [0.2, 0.25) is 0 Å². The summed E-state index contributed by atoms with van der Waals surface area (Å²) >= 11 is 1.86. The van der Waals surface area contributed by atoms with E-state index in [9.17, 15) is 0 Å². The number of thiophene rings is 1. The van der Waals surface area contributed by atoms with Crippen molar-refractivity contribution < 1.29 is 4.74 Å². The van der Waals surface area contributed by atoms with Crippen molar-refractivity contribution in [3.63, 3.8) is 0 Å². The number of rotatable bonds is 5. The molecule has 0 radical (unpaired) electrons. The van der Waals surface area contributed by atoms with E-state index >= 15 is 0 Å². The summed E-state index contributed by atoms with van der Waals surface area (Å²) in [6, 6.07) is 4.19. The van der Waals surface area contributed by atoms with Crippen molar-refractivity contribution in [2.75, 3.05) is 6.61 Å². The first-order valence-corrected chi connectivity index (χ1v) is 8.04. The molecule has 4 heteroatoms. The molecule has 2 N–H and O–H groups in total. The van der Waals surface area contributed by atoms with Crippen molar-refractivity contribution in [2.45, 2.75) is 38.6 Å². The van der Waals surface area contributed by atoms with Crippen molar-refractivity contribution in [1.29, 1.82) is 0 Å². The molecule has 0 saturated carbocycles. The monoisotopic (exact) mass is 288 g/mol. The van der Waals surface area contributed by atoms with Crippen LogP contribution in [0.1, 0.15) is 46.7 Å². The second-order valence-corrected chi connectivity index (χ2v) is 6.40. The van der Waals surface area contributed by atoms with Crippen LogP contribution in [0.3, 0.4) is 0 Å². The lowest BCUT2D eigenvalue weighted by atomic mass is 10.1. The highest BCUT2D eigenvalue weighted by molar-refractivity contribution is 7.12. The van der Waals surface area contributed by atoms with E-state index in [0.29, 0.717) is 6.61 Å². The van der Waals surface area contributed by atoms with Gasteiger partial charge < -0.3 is 10.5 Å². The van der Waals surface area contributed by atoms with Gasteiger partial charge in [-0.3, -0.25) is 4.98 Å². The molecule has 106 valence electrons. The molecule has 0 bridgehead atoms. The molecule has 0 saturated heterocycles. The zero-order valence-corrected chi connectivity index (χ0v) is 12.6. The fourth-order valence-corrected chi connectivity index (χ4v) is 3.86. The third-order valence-electron chi connectivity index (χ3n) is 3.64. The van der Waals surface area contributed by atoms with Crippen LogP contribution in [-0.4, -0.2) is 11.6 Å². The molecule has 1 unspecified atom stereocenters. The quantitative estimate of drug-likeness (QED) is 0.916. The summed E-state index contributed by atoms with van der Waals surface area (Å²) in [4.78, 5) is 7.00. The maximum Gasteiger partial charge on any atom is 0.137 e. The number of hydrogen-bond acceptors (Lipinski definition) is 4. The van der Waals surface area contributed by atoms with Gasteiger partial charge in [0.1, 0.15) is 5.75 Å². The Morgan fingerprint density at radius 1 is 1.35 bits per heavy atom. The maximum atomic E-state index is 6.39. The molecule has 3 rings (SSSR count). The van der Waals surface area contributed by atoms with Crippen molar-refractivity contribution in [3.8, 4) is 5.75 Å². The second kappa shape index (κ2) is 5.94. The number of nitrogens with zero attached hydrogens (tertiary/aromatic N) is 1. The highest BCUT2D eigenvalue weighted by Gasteiger charge is 2.19. The SMILES string of the molecule is CCCOc1cncc(C(N)c2cc3c(s2)CCC3)c1. The van der Waals surface area contributed by atoms with E-state index < -0.39 is 0 Å². The van der Waals surface area contributed by atoms with Crippen molar-refractivity contribution >= 4 is 11.3 Å². The minimum atomic E-state index is -0.0942. The Hall–Kier alpha value is -1.39. The molecule has 2 aromatic rings. The number of ether oxygens (including phenoxy) is 1. The number of nitrogens with two attached hydrogens (primary N) is 1. The van der Waals surface area contributed by atoms with Crippen LogP contribution >= 0.6 is 11.3 Å². The first-order valence-electron chi connectivity index (χ1n) is 7.22. The first kappa shape index (κ1) is 13.6. The topological polar surface area (TPSA) is 48.1 Å². The van der Waals surface area contributed by atoms with E-state index in [1.165, 1.54) is 34.6 Å². The maximum absolute atomic E-state index is 6.39. The number of hydrogen-bond donors (Lipinski definition) is 1. The Labute approximate surface area is 123 Å². The second-order valence-electron chi connectivity index (χ2n) is 5.23. The molecule has 20 heavy (non-hydrogen) atoms. The molecule has 0 amide bonds. The minimum Gasteiger partial charge on any atom is -0.492 e. The Morgan fingerprint density at radius 3 is 3.05 bits per heavy atom. The third-order valence-corrected chi connectivity index (χ3v) is 4.96. The Morgan fingerprint density at radius 2 is 2.25 bits per heavy atom. The van der Waals surface area contributed by atoms with Gasteiger partial charge in [-0.25, -0.2) is 0 Å². The molecular weight excluding hydrogens is 268 g/mol. The van der Waals surface area contributed by atoms with Gasteiger partial charge in [0, 0.05) is 16.0 Å². The lowest BCUT2D eigenvalue weighted by molar-refractivity contribution is 0.315. The van der Waals surface area contributed by atoms with Gasteiger partial charge in [0.25, 0.3) is 0 Å². The Bertz CT molecular complexity index is 572. The van der Waals surface area contributed by atoms with E-state index in [1.54, 1.807) is 6.20 Å². The predicted octanol–water partition coefficient (Wildman–Crippen LogP) is 3.47. The molecule has 2 aromatic heterocycles. The van der Waals surface area contributed by atoms with Gasteiger partial charge in [-0.05, 0) is 48.9 Å². The molecule has 0 fully saturated rings. The Balaban J connectivity index is 1.80. The van der Waals surface area contributed by atoms with Crippen LogP contribution in [-0.2, 0) is 12.8 Å². The van der Waals surface area contributed by atoms with E-state index in [2.05, 4.69) is 18.0 Å². The fraction of sp³-hybridized carbons (Fsp3) is 0.438. The van der Waals surface area contributed by atoms with Gasteiger partial charge in [-0.15, -0.1) is 11.3 Å². The van der Waals surface area contributed by atoms with E-state index in [4.69, 9.17) is 10.5 Å². The molecule has 1 atom stereocenters. The zero-order chi connectivity index (χ0) is 13.9. The molecule has 0 aromatic carbocycles. The first-order chi connectivity index (χ1) is 9.78. The third kappa shape index (κ3) is 2.72. The lowest BCUT2D eigenvalue weighted by Crippen LogP contribution is -2.11. The molecule has 1 aliphatic carbocycles. The average molecular weight is 288 g/mol. The van der Waals surface area contributed by atoms with Crippen molar-refractivity contribution in [1.82, 2.24) is 4.98 Å². The molecule has 2 heterocycles. The summed E-state index contributed by atoms with van der Waals surface area (Å²) in [5.74, 6) is 0.809. The van der Waals surface area contributed by atoms with E-state index in [0.717, 1.165) is 17.7 Å². The molecule has 0 aliphatic heterocycles. The van der Waals surface area contributed by atoms with Crippen LogP contribution in [0.5, 0.6) is 5.75 Å². The number of aryl methyl sites for hydroxylation is 2. The van der Waals surface area contributed by atoms with Gasteiger partial charge in [-0.1, -0.05) is 6.92 Å². The number of aromatic nitrogens is 1. The summed E-state index contributed by atoms with van der Waals surface area (Å²) in [6.45, 7) is 2.81. The van der Waals surface area contributed by atoms with Crippen LogP contribution < -0.4 is 10.5 Å². The van der Waals surface area contributed by atoms with Crippen LogP contribution in [0.15, 0.2) is 24.5 Å². The van der Waals surface area contributed by atoms with Gasteiger partial charge in [0.15, 0.2) is 0 Å². The lowest BCUT2D eigenvalue weighted by Gasteiger charge is -2.11. The van der Waals surface area contributed by atoms with E-state index in [-0.39, 0.29) is 6.04 Å². The minimum absolute atomic E-state index is 0.0942. The standard InChI is InChI=1S/C16H20N2OS/c1-2-6-19-13-7-12(9-18-10-13)16(17)15-8-11-4-3-5-14(11)20-15/h7-10,16H,2-6,17H2,1H3. The van der Waals surface area contributed by atoms with Gasteiger partial charge in [0.05, 0.1) is 18.8 Å². The normalized spacial score (nSPS) is 15.1. The predicted molar refractivity (Wildman–Crippen MR) is 82.4 cm³/mol. The average Bonchev–Trinajstić information content (AvgIpc) is 3.06. The largest absolute Gasteiger partial charge is 0.492 e. The van der Waals surface area contributed by atoms with Crippen molar-refractivity contribution in [2.24, 2.45) is 5.73 Å². The molecule has 0 spiro atoms. The zero-order valence-electron chi connectivity index (χ0n) is 11.8. The smallest absolute Gasteiger partial charge is 0.137 e. The fourth-order valence-electron chi connectivity index (χ4n) is 2.57. The highest BCUT2D eigenvalue weighted by Crippen LogP contribution is 2.35. The highest BCUT2D eigenvalue weighted by atomic mass is 32.1. The molecular formula is C16H20N2OS.